The highest BCUT2D eigenvalue weighted by molar-refractivity contribution is 7.16. The van der Waals surface area contributed by atoms with Crippen molar-refractivity contribution in [1.82, 2.24) is 10.2 Å². The van der Waals surface area contributed by atoms with Gasteiger partial charge in [-0.1, -0.05) is 23.7 Å². The fourth-order valence-corrected chi connectivity index (χ4v) is 4.40. The van der Waals surface area contributed by atoms with Crippen LogP contribution in [0.3, 0.4) is 0 Å². The molecule has 4 nitrogen and oxygen atoms in total. The van der Waals surface area contributed by atoms with E-state index in [1.807, 2.05) is 18.2 Å². The molecule has 0 spiro atoms. The number of nitrogens with one attached hydrogen (secondary N) is 1. The lowest BCUT2D eigenvalue weighted by atomic mass is 9.94. The summed E-state index contributed by atoms with van der Waals surface area (Å²) < 4.78 is 6.05. The van der Waals surface area contributed by atoms with Crippen molar-refractivity contribution >= 4 is 28.8 Å². The minimum atomic E-state index is 0.0135. The second kappa shape index (κ2) is 7.55. The number of halogens is 1. The lowest BCUT2D eigenvalue weighted by molar-refractivity contribution is -0.119. The average Bonchev–Trinajstić information content (AvgIpc) is 3.13. The van der Waals surface area contributed by atoms with E-state index in [9.17, 15) is 4.79 Å². The molecule has 0 unspecified atom stereocenters. The second-order valence-corrected chi connectivity index (χ2v) is 7.89. The highest BCUT2D eigenvalue weighted by Crippen LogP contribution is 2.31. The molecular formula is C18H21ClN2O2S. The molecule has 24 heavy (non-hydrogen) atoms. The first-order valence-electron chi connectivity index (χ1n) is 7.93. The summed E-state index contributed by atoms with van der Waals surface area (Å²) in [4.78, 5) is 15.2. The molecular weight excluding hydrogens is 344 g/mol. The molecule has 2 aromatic rings. The summed E-state index contributed by atoms with van der Waals surface area (Å²) in [5, 5.41) is 3.11. The Kier molecular flexibility index (Phi) is 5.43. The molecule has 1 saturated heterocycles. The standard InChI is InChI=1S/C18H21ClN2O2S/c1-12(22)20-17-11-21(9-15-7-8-18(19)24-15)10-16(17)13-3-5-14(23-2)6-4-13/h3-8,16-17H,9-11H2,1-2H3,(H,20,22)/t16-,17+/m0/s1. The molecule has 3 rings (SSSR count). The van der Waals surface area contributed by atoms with Gasteiger partial charge in [-0.3, -0.25) is 9.69 Å². The Morgan fingerprint density at radius 1 is 1.29 bits per heavy atom. The van der Waals surface area contributed by atoms with Gasteiger partial charge >= 0.3 is 0 Å². The fourth-order valence-electron chi connectivity index (χ4n) is 3.27. The Hall–Kier alpha value is -1.56. The summed E-state index contributed by atoms with van der Waals surface area (Å²) in [5.74, 6) is 1.13. The number of hydrogen-bond acceptors (Lipinski definition) is 4. The largest absolute Gasteiger partial charge is 0.497 e. The number of nitrogens with zero attached hydrogens (tertiary/aromatic N) is 1. The van der Waals surface area contributed by atoms with E-state index in [1.165, 1.54) is 10.4 Å². The van der Waals surface area contributed by atoms with Crippen molar-refractivity contribution in [2.45, 2.75) is 25.4 Å². The third-order valence-corrected chi connectivity index (χ3v) is 5.55. The van der Waals surface area contributed by atoms with Crippen molar-refractivity contribution in [3.63, 3.8) is 0 Å². The van der Waals surface area contributed by atoms with E-state index in [4.69, 9.17) is 16.3 Å². The first kappa shape index (κ1) is 17.3. The van der Waals surface area contributed by atoms with Crippen LogP contribution in [0.25, 0.3) is 0 Å². The van der Waals surface area contributed by atoms with Gasteiger partial charge in [0.1, 0.15) is 5.75 Å². The number of ether oxygens (including phenoxy) is 1. The third kappa shape index (κ3) is 4.09. The lowest BCUT2D eigenvalue weighted by Crippen LogP contribution is -2.38. The van der Waals surface area contributed by atoms with Crippen molar-refractivity contribution in [2.24, 2.45) is 0 Å². The van der Waals surface area contributed by atoms with Crippen molar-refractivity contribution in [3.8, 4) is 5.75 Å². The van der Waals surface area contributed by atoms with Crippen molar-refractivity contribution in [1.29, 1.82) is 0 Å². The van der Waals surface area contributed by atoms with Crippen molar-refractivity contribution in [2.75, 3.05) is 20.2 Å². The van der Waals surface area contributed by atoms with E-state index in [0.29, 0.717) is 0 Å². The van der Waals surface area contributed by atoms with Gasteiger partial charge in [-0.05, 0) is 29.8 Å². The minimum absolute atomic E-state index is 0.0135. The van der Waals surface area contributed by atoms with Gasteiger partial charge < -0.3 is 10.1 Å². The van der Waals surface area contributed by atoms with E-state index < -0.39 is 0 Å². The summed E-state index contributed by atoms with van der Waals surface area (Å²) in [6.07, 6.45) is 0. The molecule has 1 amide bonds. The van der Waals surface area contributed by atoms with Crippen LogP contribution in [-0.4, -0.2) is 37.0 Å². The van der Waals surface area contributed by atoms with Crippen LogP contribution >= 0.6 is 22.9 Å². The van der Waals surface area contributed by atoms with E-state index >= 15 is 0 Å². The number of methoxy groups -OCH3 is 1. The molecule has 1 aromatic carbocycles. The van der Waals surface area contributed by atoms with Crippen LogP contribution < -0.4 is 10.1 Å². The van der Waals surface area contributed by atoms with Crippen LogP contribution in [0.1, 0.15) is 23.3 Å². The zero-order chi connectivity index (χ0) is 17.1. The number of rotatable bonds is 5. The third-order valence-electron chi connectivity index (χ3n) is 4.34. The van der Waals surface area contributed by atoms with Gasteiger partial charge in [0.2, 0.25) is 5.91 Å². The Morgan fingerprint density at radius 2 is 2.04 bits per heavy atom. The highest BCUT2D eigenvalue weighted by Gasteiger charge is 2.34. The lowest BCUT2D eigenvalue weighted by Gasteiger charge is -2.19. The number of thiophene rings is 1. The van der Waals surface area contributed by atoms with Gasteiger partial charge in [0, 0.05) is 43.4 Å². The molecule has 0 saturated carbocycles. The number of benzene rings is 1. The summed E-state index contributed by atoms with van der Waals surface area (Å²) in [6.45, 7) is 4.19. The summed E-state index contributed by atoms with van der Waals surface area (Å²) in [7, 11) is 1.67. The summed E-state index contributed by atoms with van der Waals surface area (Å²) >= 11 is 7.64. The number of amides is 1. The van der Waals surface area contributed by atoms with Crippen LogP contribution in [0.5, 0.6) is 5.75 Å². The monoisotopic (exact) mass is 364 g/mol. The van der Waals surface area contributed by atoms with Crippen LogP contribution in [0.4, 0.5) is 0 Å². The molecule has 128 valence electrons. The zero-order valence-corrected chi connectivity index (χ0v) is 15.4. The smallest absolute Gasteiger partial charge is 0.217 e. The molecule has 1 aliphatic heterocycles. The molecule has 0 radical (unpaired) electrons. The van der Waals surface area contributed by atoms with E-state index in [2.05, 4.69) is 28.4 Å². The number of hydrogen-bond donors (Lipinski definition) is 1. The molecule has 6 heteroatoms. The molecule has 1 N–H and O–H groups in total. The Labute approximate surface area is 151 Å². The van der Waals surface area contributed by atoms with E-state index in [-0.39, 0.29) is 17.9 Å². The Balaban J connectivity index is 1.75. The maximum Gasteiger partial charge on any atom is 0.217 e. The fraction of sp³-hybridized carbons (Fsp3) is 0.389. The molecule has 1 fully saturated rings. The van der Waals surface area contributed by atoms with Crippen molar-refractivity contribution < 1.29 is 9.53 Å². The molecule has 1 aliphatic rings. The average molecular weight is 365 g/mol. The van der Waals surface area contributed by atoms with Crippen LogP contribution in [0.2, 0.25) is 4.34 Å². The van der Waals surface area contributed by atoms with Crippen LogP contribution in [-0.2, 0) is 11.3 Å². The SMILES string of the molecule is COc1ccc([C@@H]2CN(Cc3ccc(Cl)s3)C[C@H]2NC(C)=O)cc1. The van der Waals surface area contributed by atoms with E-state index in [0.717, 1.165) is 29.7 Å². The van der Waals surface area contributed by atoms with Gasteiger partial charge in [0.05, 0.1) is 11.4 Å². The van der Waals surface area contributed by atoms with Crippen LogP contribution in [0, 0.1) is 0 Å². The predicted octanol–water partition coefficient (Wildman–Crippen LogP) is 3.51. The summed E-state index contributed by atoms with van der Waals surface area (Å²) in [6, 6.07) is 12.2. The minimum Gasteiger partial charge on any atom is -0.497 e. The molecule has 2 atom stereocenters. The van der Waals surface area contributed by atoms with Crippen molar-refractivity contribution in [3.05, 3.63) is 51.2 Å². The van der Waals surface area contributed by atoms with Gasteiger partial charge in [-0.25, -0.2) is 0 Å². The summed E-state index contributed by atoms with van der Waals surface area (Å²) in [5.41, 5.74) is 1.22. The van der Waals surface area contributed by atoms with Gasteiger partial charge in [0.25, 0.3) is 0 Å². The molecule has 1 aromatic heterocycles. The number of carbonyl (C=O) groups excluding carboxylic acids is 1. The maximum atomic E-state index is 11.6. The Bertz CT molecular complexity index is 701. The topological polar surface area (TPSA) is 41.6 Å². The van der Waals surface area contributed by atoms with E-state index in [1.54, 1.807) is 25.4 Å². The molecule has 0 aliphatic carbocycles. The van der Waals surface area contributed by atoms with Gasteiger partial charge in [-0.2, -0.15) is 0 Å². The van der Waals surface area contributed by atoms with Crippen LogP contribution in [0.15, 0.2) is 36.4 Å². The second-order valence-electron chi connectivity index (χ2n) is 6.09. The Morgan fingerprint density at radius 3 is 2.62 bits per heavy atom. The van der Waals surface area contributed by atoms with Gasteiger partial charge in [-0.15, -0.1) is 11.3 Å². The first-order valence-corrected chi connectivity index (χ1v) is 9.12. The quantitative estimate of drug-likeness (QED) is 0.882. The molecule has 2 heterocycles. The molecule has 0 bridgehead atoms. The number of likely N-dealkylation sites (tertiary alicyclic amines) is 1. The maximum absolute atomic E-state index is 11.6. The zero-order valence-electron chi connectivity index (χ0n) is 13.8. The number of carbonyl (C=O) groups is 1. The highest BCUT2D eigenvalue weighted by atomic mass is 35.5. The normalized spacial score (nSPS) is 21.0. The van der Waals surface area contributed by atoms with Gasteiger partial charge in [0.15, 0.2) is 0 Å². The predicted molar refractivity (Wildman–Crippen MR) is 97.9 cm³/mol. The first-order chi connectivity index (χ1) is 11.5.